The van der Waals surface area contributed by atoms with Crippen LogP contribution >= 0.6 is 11.6 Å². The van der Waals surface area contributed by atoms with E-state index >= 15 is 0 Å². The monoisotopic (exact) mass is 598 g/mol. The molecule has 1 amide bonds. The molecule has 2 N–H and O–H groups in total. The molecule has 0 aliphatic carbocycles. The lowest BCUT2D eigenvalue weighted by atomic mass is 10.1. The summed E-state index contributed by atoms with van der Waals surface area (Å²) in [5.74, 6) is -2.36. The van der Waals surface area contributed by atoms with Gasteiger partial charge in [-0.2, -0.15) is 13.2 Å². The minimum Gasteiger partial charge on any atom is -0.478 e. The Bertz CT molecular complexity index is 1590. The van der Waals surface area contributed by atoms with Crippen molar-refractivity contribution in [3.8, 4) is 11.6 Å². The number of ether oxygens (including phenoxy) is 1. The number of nitrogens with zero attached hydrogens (tertiary/aromatic N) is 3. The summed E-state index contributed by atoms with van der Waals surface area (Å²) >= 11 is 5.80. The number of aryl methyl sites for hydroxylation is 1. The number of halogens is 4. The highest BCUT2D eigenvalue weighted by Crippen LogP contribution is 2.38. The number of carbonyl (C=O) groups is 2. The van der Waals surface area contributed by atoms with E-state index in [0.29, 0.717) is 16.4 Å². The van der Waals surface area contributed by atoms with Crippen LogP contribution in [0.4, 0.5) is 24.7 Å². The fourth-order valence-corrected chi connectivity index (χ4v) is 4.19. The molecule has 8 nitrogen and oxygen atoms in total. The van der Waals surface area contributed by atoms with Crippen molar-refractivity contribution in [3.63, 3.8) is 0 Å². The first kappa shape index (κ1) is 30.3. The zero-order valence-corrected chi connectivity index (χ0v) is 23.5. The number of aromatic carboxylic acids is 1. The van der Waals surface area contributed by atoms with Crippen molar-refractivity contribution in [1.29, 1.82) is 0 Å². The maximum absolute atomic E-state index is 14.0. The van der Waals surface area contributed by atoms with Crippen LogP contribution in [0.15, 0.2) is 73.1 Å². The standard InChI is InChI=1S/C30H26ClF3N4O4/c1-17(2)38(28(39)20-6-4-18(3)5-7-20)25-10-9-22(13-23(25)29(40)41)42-27-24(30(32,33)34)12-19(15-37-27)14-35-26-11-8-21(31)16-36-26/h4-13,15-17H,14H2,1-3H3,(H,35,36)(H,40,41). The van der Waals surface area contributed by atoms with Gasteiger partial charge in [0.05, 0.1) is 16.3 Å². The second-order valence-electron chi connectivity index (χ2n) is 9.63. The first-order valence-corrected chi connectivity index (χ1v) is 13.1. The van der Waals surface area contributed by atoms with E-state index in [1.54, 1.807) is 50.2 Å². The Morgan fingerprint density at radius 3 is 2.33 bits per heavy atom. The van der Waals surface area contributed by atoms with Crippen LogP contribution in [0.2, 0.25) is 5.02 Å². The lowest BCUT2D eigenvalue weighted by molar-refractivity contribution is -0.138. The number of benzene rings is 2. The smallest absolute Gasteiger partial charge is 0.421 e. The minimum absolute atomic E-state index is 0.0110. The molecular formula is C30H26ClF3N4O4. The molecule has 12 heteroatoms. The quantitative estimate of drug-likeness (QED) is 0.204. The van der Waals surface area contributed by atoms with E-state index < -0.39 is 35.5 Å². The number of rotatable bonds is 9. The maximum atomic E-state index is 14.0. The van der Waals surface area contributed by atoms with Gasteiger partial charge < -0.3 is 20.1 Å². The molecule has 0 fully saturated rings. The summed E-state index contributed by atoms with van der Waals surface area (Å²) in [6, 6.07) is 14.1. The van der Waals surface area contributed by atoms with E-state index in [1.165, 1.54) is 29.4 Å². The topological polar surface area (TPSA) is 105 Å². The summed E-state index contributed by atoms with van der Waals surface area (Å²) in [5, 5.41) is 13.3. The SMILES string of the molecule is Cc1ccc(C(=O)N(c2ccc(Oc3ncc(CNc4ccc(Cl)cn4)cc3C(F)(F)F)cc2C(=O)O)C(C)C)cc1. The number of nitrogens with one attached hydrogen (secondary N) is 1. The molecule has 0 bridgehead atoms. The van der Waals surface area contributed by atoms with Crippen molar-refractivity contribution in [2.75, 3.05) is 10.2 Å². The number of aromatic nitrogens is 2. The maximum Gasteiger partial charge on any atom is 0.421 e. The van der Waals surface area contributed by atoms with Gasteiger partial charge in [0.1, 0.15) is 17.1 Å². The minimum atomic E-state index is -4.82. The normalized spacial score (nSPS) is 11.3. The van der Waals surface area contributed by atoms with Crippen LogP contribution in [0, 0.1) is 6.92 Å². The number of amides is 1. The van der Waals surface area contributed by atoms with Crippen molar-refractivity contribution >= 4 is 35.0 Å². The van der Waals surface area contributed by atoms with Crippen LogP contribution in [-0.2, 0) is 12.7 Å². The van der Waals surface area contributed by atoms with Gasteiger partial charge in [-0.1, -0.05) is 29.3 Å². The second kappa shape index (κ2) is 12.5. The van der Waals surface area contributed by atoms with Gasteiger partial charge in [-0.25, -0.2) is 14.8 Å². The van der Waals surface area contributed by atoms with E-state index in [-0.39, 0.29) is 29.1 Å². The number of carbonyl (C=O) groups excluding carboxylic acids is 1. The molecule has 0 aliphatic heterocycles. The zero-order valence-electron chi connectivity index (χ0n) is 22.7. The number of carboxylic acid groups (broad SMARTS) is 1. The average Bonchev–Trinajstić information content (AvgIpc) is 2.93. The number of carboxylic acids is 1. The Kier molecular flexibility index (Phi) is 9.01. The zero-order chi connectivity index (χ0) is 30.6. The highest BCUT2D eigenvalue weighted by molar-refractivity contribution is 6.30. The summed E-state index contributed by atoms with van der Waals surface area (Å²) in [6.45, 7) is 5.31. The molecule has 4 aromatic rings. The third-order valence-corrected chi connectivity index (χ3v) is 6.34. The summed E-state index contributed by atoms with van der Waals surface area (Å²) < 4.78 is 47.4. The first-order valence-electron chi connectivity index (χ1n) is 12.7. The van der Waals surface area contributed by atoms with Crippen LogP contribution in [0.3, 0.4) is 0 Å². The second-order valence-corrected chi connectivity index (χ2v) is 10.1. The molecule has 0 aliphatic rings. The molecule has 0 saturated heterocycles. The van der Waals surface area contributed by atoms with Gasteiger partial charge in [-0.15, -0.1) is 0 Å². The molecule has 4 rings (SSSR count). The van der Waals surface area contributed by atoms with Crippen LogP contribution in [0.25, 0.3) is 0 Å². The summed E-state index contributed by atoms with van der Waals surface area (Å²) in [7, 11) is 0. The fourth-order valence-electron chi connectivity index (χ4n) is 4.08. The van der Waals surface area contributed by atoms with E-state index in [0.717, 1.165) is 17.7 Å². The average molecular weight is 599 g/mol. The van der Waals surface area contributed by atoms with Crippen LogP contribution in [0.5, 0.6) is 11.6 Å². The van der Waals surface area contributed by atoms with Crippen molar-refractivity contribution in [1.82, 2.24) is 9.97 Å². The van der Waals surface area contributed by atoms with E-state index in [9.17, 15) is 27.9 Å². The molecule has 0 atom stereocenters. The van der Waals surface area contributed by atoms with E-state index in [4.69, 9.17) is 16.3 Å². The lowest BCUT2D eigenvalue weighted by Gasteiger charge is -2.28. The first-order chi connectivity index (χ1) is 19.8. The predicted molar refractivity (Wildman–Crippen MR) is 152 cm³/mol. The molecule has 0 saturated carbocycles. The van der Waals surface area contributed by atoms with Crippen LogP contribution in [-0.4, -0.2) is 33.0 Å². The number of anilines is 2. The Balaban J connectivity index is 1.64. The number of pyridine rings is 2. The van der Waals surface area contributed by atoms with E-state index in [2.05, 4.69) is 15.3 Å². The van der Waals surface area contributed by atoms with Gasteiger partial charge in [0.25, 0.3) is 5.91 Å². The molecule has 42 heavy (non-hydrogen) atoms. The number of hydrogen-bond donors (Lipinski definition) is 2. The van der Waals surface area contributed by atoms with Gasteiger partial charge in [0, 0.05) is 30.5 Å². The molecule has 0 spiro atoms. The van der Waals surface area contributed by atoms with Crippen molar-refractivity contribution in [2.24, 2.45) is 0 Å². The Morgan fingerprint density at radius 1 is 1.02 bits per heavy atom. The van der Waals surface area contributed by atoms with E-state index in [1.807, 2.05) is 6.92 Å². The van der Waals surface area contributed by atoms with Crippen molar-refractivity contribution < 1.29 is 32.6 Å². The Hall–Kier alpha value is -4.64. The molecule has 0 radical (unpaired) electrons. The summed E-state index contributed by atoms with van der Waals surface area (Å²) in [5.41, 5.74) is 0.0972. The number of hydrogen-bond acceptors (Lipinski definition) is 6. The van der Waals surface area contributed by atoms with Crippen molar-refractivity contribution in [3.05, 3.63) is 106 Å². The molecule has 218 valence electrons. The fraction of sp³-hybridized carbons (Fsp3) is 0.200. The molecule has 2 heterocycles. The van der Waals surface area contributed by atoms with Crippen LogP contribution in [0.1, 0.15) is 51.3 Å². The van der Waals surface area contributed by atoms with Gasteiger partial charge >= 0.3 is 12.1 Å². The highest BCUT2D eigenvalue weighted by atomic mass is 35.5. The van der Waals surface area contributed by atoms with Crippen LogP contribution < -0.4 is 15.0 Å². The third kappa shape index (κ3) is 7.16. The van der Waals surface area contributed by atoms with Gasteiger partial charge in [-0.05, 0) is 74.9 Å². The molecule has 0 unspecified atom stereocenters. The third-order valence-electron chi connectivity index (χ3n) is 6.12. The molecular weight excluding hydrogens is 573 g/mol. The largest absolute Gasteiger partial charge is 0.478 e. The van der Waals surface area contributed by atoms with Crippen molar-refractivity contribution in [2.45, 2.75) is 39.5 Å². The Morgan fingerprint density at radius 2 is 1.74 bits per heavy atom. The summed E-state index contributed by atoms with van der Waals surface area (Å²) in [6.07, 6.45) is -2.21. The van der Waals surface area contributed by atoms with Gasteiger partial charge in [0.2, 0.25) is 5.88 Å². The van der Waals surface area contributed by atoms with Gasteiger partial charge in [0.15, 0.2) is 0 Å². The predicted octanol–water partition coefficient (Wildman–Crippen LogP) is 7.62. The molecule has 2 aromatic heterocycles. The lowest BCUT2D eigenvalue weighted by Crippen LogP contribution is -2.38. The van der Waals surface area contributed by atoms with Gasteiger partial charge in [-0.3, -0.25) is 4.79 Å². The Labute approximate surface area is 244 Å². The number of alkyl halides is 3. The molecule has 2 aromatic carbocycles. The summed E-state index contributed by atoms with van der Waals surface area (Å²) in [4.78, 5) is 34.8. The highest BCUT2D eigenvalue weighted by Gasteiger charge is 2.36.